The van der Waals surface area contributed by atoms with E-state index in [9.17, 15) is 19.2 Å². The SMILES string of the molecule is COc1ccc([C@@H]2CC(=O)NC(SCC(=O)Nc3ccc(Br)cc3F)=C2C#N)cc1. The van der Waals surface area contributed by atoms with Crippen LogP contribution in [0.15, 0.2) is 57.5 Å². The first kappa shape index (κ1) is 21.9. The second-order valence-electron chi connectivity index (χ2n) is 6.39. The van der Waals surface area contributed by atoms with Gasteiger partial charge in [0.15, 0.2) is 0 Å². The molecule has 9 heteroatoms. The Kier molecular flexibility index (Phi) is 7.13. The number of halogens is 2. The molecule has 2 aromatic rings. The van der Waals surface area contributed by atoms with Gasteiger partial charge in [0.05, 0.1) is 35.2 Å². The van der Waals surface area contributed by atoms with Crippen molar-refractivity contribution in [3.63, 3.8) is 0 Å². The number of nitrogens with one attached hydrogen (secondary N) is 2. The number of thioether (sulfide) groups is 1. The number of hydrogen-bond donors (Lipinski definition) is 2. The zero-order chi connectivity index (χ0) is 21.7. The van der Waals surface area contributed by atoms with Gasteiger partial charge in [-0.15, -0.1) is 0 Å². The molecule has 0 saturated heterocycles. The number of nitrogens with zero attached hydrogens (tertiary/aromatic N) is 1. The molecule has 0 spiro atoms. The summed E-state index contributed by atoms with van der Waals surface area (Å²) in [4.78, 5) is 24.5. The van der Waals surface area contributed by atoms with Crippen LogP contribution < -0.4 is 15.4 Å². The van der Waals surface area contributed by atoms with Crippen LogP contribution in [0.1, 0.15) is 17.9 Å². The van der Waals surface area contributed by atoms with Crippen LogP contribution in [0.25, 0.3) is 0 Å². The van der Waals surface area contributed by atoms with Crippen LogP contribution in [0.3, 0.4) is 0 Å². The molecule has 2 amide bonds. The summed E-state index contributed by atoms with van der Waals surface area (Å²) in [6.45, 7) is 0. The Morgan fingerprint density at radius 2 is 2.10 bits per heavy atom. The average molecular weight is 490 g/mol. The normalized spacial score (nSPS) is 15.9. The summed E-state index contributed by atoms with van der Waals surface area (Å²) >= 11 is 4.19. The van der Waals surface area contributed by atoms with Crippen LogP contribution in [-0.4, -0.2) is 24.7 Å². The number of benzene rings is 2. The lowest BCUT2D eigenvalue weighted by Gasteiger charge is -2.25. The standard InChI is InChI=1S/C21H17BrFN3O3S/c1-29-14-5-2-12(3-6-14)15-9-19(27)26-21(16(15)10-24)30-11-20(28)25-18-7-4-13(22)8-17(18)23/h2-8,15H,9,11H2,1H3,(H,25,28)(H,26,27)/t15-/m0/s1. The minimum Gasteiger partial charge on any atom is -0.497 e. The molecule has 0 aliphatic carbocycles. The first-order chi connectivity index (χ1) is 14.4. The van der Waals surface area contributed by atoms with E-state index in [1.165, 1.54) is 12.1 Å². The third kappa shape index (κ3) is 5.20. The van der Waals surface area contributed by atoms with Crippen molar-refractivity contribution in [2.45, 2.75) is 12.3 Å². The van der Waals surface area contributed by atoms with E-state index in [4.69, 9.17) is 4.74 Å². The Bertz CT molecular complexity index is 1050. The number of methoxy groups -OCH3 is 1. The number of rotatable bonds is 6. The first-order valence-corrected chi connectivity index (χ1v) is 10.6. The molecule has 0 aromatic heterocycles. The summed E-state index contributed by atoms with van der Waals surface area (Å²) in [6.07, 6.45) is 0.135. The maximum absolute atomic E-state index is 13.9. The highest BCUT2D eigenvalue weighted by molar-refractivity contribution is 9.10. The summed E-state index contributed by atoms with van der Waals surface area (Å²) in [7, 11) is 1.56. The molecule has 0 saturated carbocycles. The summed E-state index contributed by atoms with van der Waals surface area (Å²) in [6, 6.07) is 13.6. The van der Waals surface area contributed by atoms with E-state index in [-0.39, 0.29) is 23.8 Å². The monoisotopic (exact) mass is 489 g/mol. The second kappa shape index (κ2) is 9.78. The zero-order valence-corrected chi connectivity index (χ0v) is 18.3. The van der Waals surface area contributed by atoms with E-state index >= 15 is 0 Å². The molecule has 30 heavy (non-hydrogen) atoms. The van der Waals surface area contributed by atoms with Crippen LogP contribution >= 0.6 is 27.7 Å². The summed E-state index contributed by atoms with van der Waals surface area (Å²) in [5, 5.41) is 15.2. The Labute approximate surface area is 185 Å². The molecule has 2 aromatic carbocycles. The van der Waals surface area contributed by atoms with Crippen molar-refractivity contribution in [3.05, 3.63) is 68.9 Å². The van der Waals surface area contributed by atoms with Crippen LogP contribution in [0.2, 0.25) is 0 Å². The van der Waals surface area contributed by atoms with Gasteiger partial charge in [0, 0.05) is 16.8 Å². The number of nitriles is 1. The van der Waals surface area contributed by atoms with Crippen molar-refractivity contribution in [1.29, 1.82) is 5.26 Å². The van der Waals surface area contributed by atoms with Crippen molar-refractivity contribution in [2.24, 2.45) is 0 Å². The quantitative estimate of drug-likeness (QED) is 0.630. The van der Waals surface area contributed by atoms with Gasteiger partial charge < -0.3 is 15.4 Å². The molecule has 1 aliphatic heterocycles. The third-order valence-electron chi connectivity index (χ3n) is 4.43. The van der Waals surface area contributed by atoms with Gasteiger partial charge in [0.1, 0.15) is 11.6 Å². The fourth-order valence-electron chi connectivity index (χ4n) is 2.97. The van der Waals surface area contributed by atoms with Crippen molar-refractivity contribution in [1.82, 2.24) is 5.32 Å². The van der Waals surface area contributed by atoms with Crippen molar-refractivity contribution in [3.8, 4) is 11.8 Å². The lowest BCUT2D eigenvalue weighted by Crippen LogP contribution is -2.31. The van der Waals surface area contributed by atoms with E-state index in [0.717, 1.165) is 17.3 Å². The van der Waals surface area contributed by atoms with Gasteiger partial charge in [0.25, 0.3) is 0 Å². The molecule has 0 fully saturated rings. The number of hydrogen-bond acceptors (Lipinski definition) is 5. The molecule has 1 atom stereocenters. The first-order valence-electron chi connectivity index (χ1n) is 8.87. The summed E-state index contributed by atoms with van der Waals surface area (Å²) in [5.41, 5.74) is 1.25. The fraction of sp³-hybridized carbons (Fsp3) is 0.190. The number of carbonyl (C=O) groups is 2. The highest BCUT2D eigenvalue weighted by Crippen LogP contribution is 2.36. The van der Waals surface area contributed by atoms with E-state index in [2.05, 4.69) is 32.6 Å². The lowest BCUT2D eigenvalue weighted by atomic mass is 9.87. The maximum atomic E-state index is 13.9. The molecule has 154 valence electrons. The minimum absolute atomic E-state index is 0.0575. The number of anilines is 1. The largest absolute Gasteiger partial charge is 0.497 e. The number of ether oxygens (including phenoxy) is 1. The van der Waals surface area contributed by atoms with E-state index in [0.29, 0.717) is 20.8 Å². The molecule has 6 nitrogen and oxygen atoms in total. The van der Waals surface area contributed by atoms with Gasteiger partial charge in [-0.25, -0.2) is 4.39 Å². The fourth-order valence-corrected chi connectivity index (χ4v) is 4.18. The van der Waals surface area contributed by atoms with Gasteiger partial charge in [-0.2, -0.15) is 5.26 Å². The van der Waals surface area contributed by atoms with Gasteiger partial charge in [-0.05, 0) is 35.9 Å². The van der Waals surface area contributed by atoms with Gasteiger partial charge >= 0.3 is 0 Å². The Morgan fingerprint density at radius 3 is 2.73 bits per heavy atom. The average Bonchev–Trinajstić information content (AvgIpc) is 2.74. The number of allylic oxidation sites excluding steroid dienone is 1. The van der Waals surface area contributed by atoms with Gasteiger partial charge in [-0.3, -0.25) is 9.59 Å². The minimum atomic E-state index is -0.565. The molecular weight excluding hydrogens is 473 g/mol. The van der Waals surface area contributed by atoms with E-state index < -0.39 is 17.6 Å². The molecule has 1 aliphatic rings. The molecule has 0 bridgehead atoms. The summed E-state index contributed by atoms with van der Waals surface area (Å²) in [5.74, 6) is -1.09. The predicted molar refractivity (Wildman–Crippen MR) is 116 cm³/mol. The lowest BCUT2D eigenvalue weighted by molar-refractivity contribution is -0.121. The van der Waals surface area contributed by atoms with E-state index in [1.807, 2.05) is 12.1 Å². The van der Waals surface area contributed by atoms with Crippen molar-refractivity contribution < 1.29 is 18.7 Å². The number of amides is 2. The molecular formula is C21H17BrFN3O3S. The smallest absolute Gasteiger partial charge is 0.234 e. The molecule has 0 radical (unpaired) electrons. The number of carbonyl (C=O) groups excluding carboxylic acids is 2. The Morgan fingerprint density at radius 1 is 1.37 bits per heavy atom. The van der Waals surface area contributed by atoms with Crippen LogP contribution in [0.4, 0.5) is 10.1 Å². The maximum Gasteiger partial charge on any atom is 0.234 e. The van der Waals surface area contributed by atoms with Crippen LogP contribution in [-0.2, 0) is 9.59 Å². The second-order valence-corrected chi connectivity index (χ2v) is 8.29. The van der Waals surface area contributed by atoms with Crippen molar-refractivity contribution in [2.75, 3.05) is 18.2 Å². The molecule has 2 N–H and O–H groups in total. The van der Waals surface area contributed by atoms with Crippen molar-refractivity contribution >= 4 is 45.2 Å². The van der Waals surface area contributed by atoms with Crippen LogP contribution in [0.5, 0.6) is 5.75 Å². The highest BCUT2D eigenvalue weighted by atomic mass is 79.9. The van der Waals surface area contributed by atoms with Gasteiger partial charge in [0.2, 0.25) is 11.8 Å². The molecule has 1 heterocycles. The third-order valence-corrected chi connectivity index (χ3v) is 5.94. The zero-order valence-electron chi connectivity index (χ0n) is 15.9. The van der Waals surface area contributed by atoms with Crippen LogP contribution in [0, 0.1) is 17.1 Å². The Balaban J connectivity index is 1.75. The topological polar surface area (TPSA) is 91.2 Å². The van der Waals surface area contributed by atoms with E-state index in [1.54, 1.807) is 25.3 Å². The molecule has 0 unspecified atom stereocenters. The Hall–Kier alpha value is -2.83. The molecule has 3 rings (SSSR count). The predicted octanol–water partition coefficient (Wildman–Crippen LogP) is 4.31. The van der Waals surface area contributed by atoms with Gasteiger partial charge in [-0.1, -0.05) is 39.8 Å². The summed E-state index contributed by atoms with van der Waals surface area (Å²) < 4.78 is 19.6. The highest BCUT2D eigenvalue weighted by Gasteiger charge is 2.30.